The summed E-state index contributed by atoms with van der Waals surface area (Å²) in [5.41, 5.74) is 1.10. The van der Waals surface area contributed by atoms with Crippen LogP contribution in [0.1, 0.15) is 19.3 Å². The number of aromatic nitrogens is 1. The van der Waals surface area contributed by atoms with Crippen molar-refractivity contribution in [2.24, 2.45) is 0 Å². The minimum absolute atomic E-state index is 0.658. The Kier molecular flexibility index (Phi) is 3.48. The van der Waals surface area contributed by atoms with Crippen LogP contribution in [0.4, 0.5) is 5.13 Å². The van der Waals surface area contributed by atoms with Crippen molar-refractivity contribution >= 4 is 26.7 Å². The highest BCUT2D eigenvalue weighted by molar-refractivity contribution is 7.22. The summed E-state index contributed by atoms with van der Waals surface area (Å²) >= 11 is 1.75. The van der Waals surface area contributed by atoms with Crippen molar-refractivity contribution in [1.29, 1.82) is 0 Å². The highest BCUT2D eigenvalue weighted by atomic mass is 32.1. The number of thiazole rings is 1. The zero-order valence-electron chi connectivity index (χ0n) is 10.7. The van der Waals surface area contributed by atoms with Gasteiger partial charge in [-0.05, 0) is 38.6 Å². The molecule has 0 spiro atoms. The lowest BCUT2D eigenvalue weighted by Gasteiger charge is -2.32. The molecule has 0 radical (unpaired) electrons. The monoisotopic (exact) mass is 261 g/mol. The quantitative estimate of drug-likeness (QED) is 0.919. The van der Waals surface area contributed by atoms with Gasteiger partial charge < -0.3 is 10.2 Å². The van der Waals surface area contributed by atoms with Gasteiger partial charge in [0.2, 0.25) is 0 Å². The molecule has 4 heteroatoms. The largest absolute Gasteiger partial charge is 0.360 e. The van der Waals surface area contributed by atoms with Gasteiger partial charge in [0, 0.05) is 12.6 Å². The lowest BCUT2D eigenvalue weighted by molar-refractivity contribution is 0.194. The van der Waals surface area contributed by atoms with Gasteiger partial charge in [-0.2, -0.15) is 0 Å². The summed E-state index contributed by atoms with van der Waals surface area (Å²) in [7, 11) is 2.23. The van der Waals surface area contributed by atoms with Gasteiger partial charge in [-0.25, -0.2) is 4.98 Å². The van der Waals surface area contributed by atoms with Crippen LogP contribution < -0.4 is 5.32 Å². The van der Waals surface area contributed by atoms with Gasteiger partial charge in [0.05, 0.1) is 10.2 Å². The minimum atomic E-state index is 0.658. The number of benzene rings is 1. The van der Waals surface area contributed by atoms with E-state index in [4.69, 9.17) is 0 Å². The van der Waals surface area contributed by atoms with E-state index in [0.29, 0.717) is 6.04 Å². The summed E-state index contributed by atoms with van der Waals surface area (Å²) in [6, 6.07) is 8.97. The van der Waals surface area contributed by atoms with Crippen LogP contribution >= 0.6 is 11.3 Å². The standard InChI is InChI=1S/C14H19N3S/c1-17-9-5-4-6-11(17)10-15-14-16-12-7-2-3-8-13(12)18-14/h2-3,7-8,11H,4-6,9-10H2,1H3,(H,15,16). The first-order valence-electron chi connectivity index (χ1n) is 6.62. The van der Waals surface area contributed by atoms with Gasteiger partial charge in [-0.15, -0.1) is 0 Å². The van der Waals surface area contributed by atoms with E-state index in [2.05, 4.69) is 40.4 Å². The molecule has 1 atom stereocenters. The lowest BCUT2D eigenvalue weighted by Crippen LogP contribution is -2.40. The number of likely N-dealkylation sites (tertiary alicyclic amines) is 1. The molecule has 2 aromatic rings. The zero-order chi connectivity index (χ0) is 12.4. The van der Waals surface area contributed by atoms with E-state index in [1.807, 2.05) is 6.07 Å². The first-order chi connectivity index (χ1) is 8.83. The Hall–Kier alpha value is -1.13. The van der Waals surface area contributed by atoms with Crippen molar-refractivity contribution in [3.8, 4) is 0 Å². The van der Waals surface area contributed by atoms with Gasteiger partial charge in [-0.1, -0.05) is 29.9 Å². The number of nitrogens with one attached hydrogen (secondary N) is 1. The van der Waals surface area contributed by atoms with Crippen LogP contribution in [0.3, 0.4) is 0 Å². The Morgan fingerprint density at radius 1 is 1.39 bits per heavy atom. The van der Waals surface area contributed by atoms with E-state index in [1.165, 1.54) is 30.5 Å². The molecule has 1 aliphatic rings. The Labute approximate surface area is 112 Å². The third kappa shape index (κ3) is 2.49. The SMILES string of the molecule is CN1CCCCC1CNc1nc2ccccc2s1. The predicted octanol–water partition coefficient (Wildman–Crippen LogP) is 3.19. The molecule has 0 amide bonds. The Morgan fingerprint density at radius 3 is 3.11 bits per heavy atom. The fourth-order valence-corrected chi connectivity index (χ4v) is 3.43. The number of likely N-dealkylation sites (N-methyl/N-ethyl adjacent to an activating group) is 1. The molecule has 0 bridgehead atoms. The van der Waals surface area contributed by atoms with Crippen LogP contribution in [0.5, 0.6) is 0 Å². The third-order valence-corrected chi connectivity index (χ3v) is 4.70. The number of para-hydroxylation sites is 1. The maximum absolute atomic E-state index is 4.61. The van der Waals surface area contributed by atoms with Gasteiger partial charge in [-0.3, -0.25) is 0 Å². The average molecular weight is 261 g/mol. The minimum Gasteiger partial charge on any atom is -0.360 e. The normalized spacial score (nSPS) is 21.3. The molecule has 1 aromatic heterocycles. The Morgan fingerprint density at radius 2 is 2.28 bits per heavy atom. The van der Waals surface area contributed by atoms with Crippen LogP contribution in [-0.2, 0) is 0 Å². The van der Waals surface area contributed by atoms with Gasteiger partial charge in [0.1, 0.15) is 0 Å². The number of anilines is 1. The fraction of sp³-hybridized carbons (Fsp3) is 0.500. The summed E-state index contributed by atoms with van der Waals surface area (Å²) in [6.07, 6.45) is 4.00. The summed E-state index contributed by atoms with van der Waals surface area (Å²) in [5, 5.41) is 4.55. The maximum Gasteiger partial charge on any atom is 0.183 e. The van der Waals surface area contributed by atoms with E-state index in [9.17, 15) is 0 Å². The first-order valence-corrected chi connectivity index (χ1v) is 7.44. The number of fused-ring (bicyclic) bond motifs is 1. The van der Waals surface area contributed by atoms with Crippen LogP contribution in [-0.4, -0.2) is 36.1 Å². The molecular weight excluding hydrogens is 242 g/mol. The molecular formula is C14H19N3S. The molecule has 1 fully saturated rings. The second-order valence-corrected chi connectivity index (χ2v) is 6.03. The van der Waals surface area contributed by atoms with Crippen molar-refractivity contribution in [2.45, 2.75) is 25.3 Å². The van der Waals surface area contributed by atoms with E-state index in [1.54, 1.807) is 11.3 Å². The van der Waals surface area contributed by atoms with Gasteiger partial charge in [0.25, 0.3) is 0 Å². The maximum atomic E-state index is 4.61. The molecule has 1 saturated heterocycles. The topological polar surface area (TPSA) is 28.2 Å². The van der Waals surface area contributed by atoms with Crippen molar-refractivity contribution in [3.05, 3.63) is 24.3 Å². The molecule has 1 unspecified atom stereocenters. The zero-order valence-corrected chi connectivity index (χ0v) is 11.5. The fourth-order valence-electron chi connectivity index (χ4n) is 2.55. The van der Waals surface area contributed by atoms with Crippen molar-refractivity contribution < 1.29 is 0 Å². The molecule has 3 nitrogen and oxygen atoms in total. The average Bonchev–Trinajstić information content (AvgIpc) is 2.80. The van der Waals surface area contributed by atoms with Crippen LogP contribution in [0, 0.1) is 0 Å². The van der Waals surface area contributed by atoms with Crippen LogP contribution in [0.15, 0.2) is 24.3 Å². The van der Waals surface area contributed by atoms with Gasteiger partial charge >= 0.3 is 0 Å². The number of nitrogens with zero attached hydrogens (tertiary/aromatic N) is 2. The molecule has 1 aliphatic heterocycles. The van der Waals surface area contributed by atoms with Gasteiger partial charge in [0.15, 0.2) is 5.13 Å². The highest BCUT2D eigenvalue weighted by Gasteiger charge is 2.18. The first kappa shape index (κ1) is 11.9. The van der Waals surface area contributed by atoms with E-state index in [0.717, 1.165) is 17.2 Å². The highest BCUT2D eigenvalue weighted by Crippen LogP contribution is 2.25. The van der Waals surface area contributed by atoms with Crippen LogP contribution in [0.2, 0.25) is 0 Å². The molecule has 1 aromatic carbocycles. The smallest absolute Gasteiger partial charge is 0.183 e. The molecule has 3 rings (SSSR count). The molecule has 96 valence electrons. The second-order valence-electron chi connectivity index (χ2n) is 5.00. The molecule has 0 aliphatic carbocycles. The predicted molar refractivity (Wildman–Crippen MR) is 78.4 cm³/mol. The van der Waals surface area contributed by atoms with Crippen molar-refractivity contribution in [1.82, 2.24) is 9.88 Å². The number of rotatable bonds is 3. The Balaban J connectivity index is 1.65. The number of hydrogen-bond acceptors (Lipinski definition) is 4. The van der Waals surface area contributed by atoms with Crippen molar-refractivity contribution in [3.63, 3.8) is 0 Å². The summed E-state index contributed by atoms with van der Waals surface area (Å²) in [6.45, 7) is 2.24. The summed E-state index contributed by atoms with van der Waals surface area (Å²) in [4.78, 5) is 7.07. The molecule has 18 heavy (non-hydrogen) atoms. The number of piperidine rings is 1. The van der Waals surface area contributed by atoms with E-state index < -0.39 is 0 Å². The second kappa shape index (κ2) is 5.24. The lowest BCUT2D eigenvalue weighted by atomic mass is 10.0. The summed E-state index contributed by atoms with van der Waals surface area (Å²) in [5.74, 6) is 0. The third-order valence-electron chi connectivity index (χ3n) is 3.70. The Bertz CT molecular complexity index is 489. The summed E-state index contributed by atoms with van der Waals surface area (Å²) < 4.78 is 1.26. The number of hydrogen-bond donors (Lipinski definition) is 1. The van der Waals surface area contributed by atoms with Crippen molar-refractivity contribution in [2.75, 3.05) is 25.5 Å². The molecule has 0 saturated carbocycles. The van der Waals surface area contributed by atoms with Crippen LogP contribution in [0.25, 0.3) is 10.2 Å². The molecule has 2 heterocycles. The van der Waals surface area contributed by atoms with E-state index in [-0.39, 0.29) is 0 Å². The molecule has 1 N–H and O–H groups in total. The van der Waals surface area contributed by atoms with E-state index >= 15 is 0 Å².